The van der Waals surface area contributed by atoms with Crippen molar-refractivity contribution in [1.29, 1.82) is 0 Å². The van der Waals surface area contributed by atoms with Crippen molar-refractivity contribution in [2.24, 2.45) is 0 Å². The van der Waals surface area contributed by atoms with Gasteiger partial charge in [-0.3, -0.25) is 4.79 Å². The van der Waals surface area contributed by atoms with Crippen LogP contribution in [-0.4, -0.2) is 26.2 Å². The summed E-state index contributed by atoms with van der Waals surface area (Å²) in [4.78, 5) is 12.2. The van der Waals surface area contributed by atoms with Gasteiger partial charge in [-0.2, -0.15) is 0 Å². The van der Waals surface area contributed by atoms with Crippen LogP contribution in [0.2, 0.25) is 0 Å². The summed E-state index contributed by atoms with van der Waals surface area (Å²) in [6.07, 6.45) is 3.88. The number of ether oxygens (including phenoxy) is 2. The van der Waals surface area contributed by atoms with E-state index < -0.39 is 0 Å². The van der Waals surface area contributed by atoms with Crippen LogP contribution >= 0.6 is 0 Å². The Bertz CT molecular complexity index is 925. The van der Waals surface area contributed by atoms with Gasteiger partial charge < -0.3 is 19.2 Å². The molecular weight excluding hydrogens is 342 g/mol. The number of amides is 1. The Balaban J connectivity index is 1.58. The van der Waals surface area contributed by atoms with Crippen LogP contribution in [0.25, 0.3) is 17.0 Å². The molecule has 0 radical (unpaired) electrons. The maximum Gasteiger partial charge on any atom is 0.244 e. The summed E-state index contributed by atoms with van der Waals surface area (Å²) in [6.45, 7) is 1.95. The molecule has 0 saturated carbocycles. The second-order valence-electron chi connectivity index (χ2n) is 6.31. The van der Waals surface area contributed by atoms with Crippen molar-refractivity contribution in [3.05, 3.63) is 65.9 Å². The Morgan fingerprint density at radius 2 is 1.89 bits per heavy atom. The van der Waals surface area contributed by atoms with Gasteiger partial charge in [0.05, 0.1) is 14.2 Å². The third-order valence-electron chi connectivity index (χ3n) is 4.21. The third kappa shape index (κ3) is 4.70. The fourth-order valence-corrected chi connectivity index (χ4v) is 2.91. The minimum atomic E-state index is -0.159. The normalized spacial score (nSPS) is 12.3. The average molecular weight is 365 g/mol. The highest BCUT2D eigenvalue weighted by molar-refractivity contribution is 5.92. The minimum Gasteiger partial charge on any atom is -0.493 e. The molecule has 0 aliphatic carbocycles. The van der Waals surface area contributed by atoms with Gasteiger partial charge in [-0.15, -0.1) is 0 Å². The first-order valence-electron chi connectivity index (χ1n) is 8.77. The van der Waals surface area contributed by atoms with Gasteiger partial charge in [0.2, 0.25) is 5.91 Å². The molecule has 0 saturated heterocycles. The summed E-state index contributed by atoms with van der Waals surface area (Å²) in [5.41, 5.74) is 1.71. The predicted molar refractivity (Wildman–Crippen MR) is 106 cm³/mol. The standard InChI is InChI=1S/C22H23NO4/c1-15(12-18-14-17-6-4-5-7-19(17)27-18)23-22(24)11-9-16-8-10-20(25-2)21(13-16)26-3/h4-11,13-15H,12H2,1-3H3,(H,23,24). The Kier molecular flexibility index (Phi) is 5.81. The zero-order valence-electron chi connectivity index (χ0n) is 15.7. The van der Waals surface area contributed by atoms with Crippen molar-refractivity contribution >= 4 is 23.0 Å². The first-order chi connectivity index (χ1) is 13.1. The van der Waals surface area contributed by atoms with E-state index in [0.717, 1.165) is 22.3 Å². The van der Waals surface area contributed by atoms with Crippen molar-refractivity contribution in [3.8, 4) is 11.5 Å². The maximum absolute atomic E-state index is 12.2. The predicted octanol–water partition coefficient (Wildman–Crippen LogP) is 4.21. The van der Waals surface area contributed by atoms with Crippen LogP contribution in [-0.2, 0) is 11.2 Å². The van der Waals surface area contributed by atoms with Crippen LogP contribution in [0, 0.1) is 0 Å². The number of methoxy groups -OCH3 is 2. The summed E-state index contributed by atoms with van der Waals surface area (Å²) >= 11 is 0. The highest BCUT2D eigenvalue weighted by atomic mass is 16.5. The molecule has 3 aromatic rings. The quantitative estimate of drug-likeness (QED) is 0.637. The molecule has 1 atom stereocenters. The van der Waals surface area contributed by atoms with Crippen molar-refractivity contribution < 1.29 is 18.7 Å². The number of furan rings is 1. The summed E-state index contributed by atoms with van der Waals surface area (Å²) in [5.74, 6) is 1.97. The highest BCUT2D eigenvalue weighted by Crippen LogP contribution is 2.28. The van der Waals surface area contributed by atoms with Gasteiger partial charge in [-0.1, -0.05) is 24.3 Å². The monoisotopic (exact) mass is 365 g/mol. The molecule has 0 aliphatic heterocycles. The molecule has 2 aromatic carbocycles. The Morgan fingerprint density at radius 3 is 2.63 bits per heavy atom. The van der Waals surface area contributed by atoms with Crippen molar-refractivity contribution in [2.45, 2.75) is 19.4 Å². The molecule has 27 heavy (non-hydrogen) atoms. The summed E-state index contributed by atoms with van der Waals surface area (Å²) in [6, 6.07) is 15.3. The molecule has 0 aliphatic rings. The van der Waals surface area contributed by atoms with Gasteiger partial charge in [0, 0.05) is 23.9 Å². The van der Waals surface area contributed by atoms with E-state index in [1.807, 2.05) is 49.4 Å². The number of benzene rings is 2. The lowest BCUT2D eigenvalue weighted by atomic mass is 10.1. The zero-order chi connectivity index (χ0) is 19.2. The third-order valence-corrected chi connectivity index (χ3v) is 4.21. The minimum absolute atomic E-state index is 0.0480. The average Bonchev–Trinajstić information content (AvgIpc) is 3.08. The van der Waals surface area contributed by atoms with Gasteiger partial charge in [0.15, 0.2) is 11.5 Å². The molecule has 1 heterocycles. The lowest BCUT2D eigenvalue weighted by molar-refractivity contribution is -0.117. The van der Waals surface area contributed by atoms with Crippen LogP contribution in [0.3, 0.4) is 0 Å². The Morgan fingerprint density at radius 1 is 1.11 bits per heavy atom. The van der Waals surface area contributed by atoms with E-state index in [2.05, 4.69) is 5.32 Å². The van der Waals surface area contributed by atoms with Crippen LogP contribution in [0.5, 0.6) is 11.5 Å². The number of para-hydroxylation sites is 1. The lowest BCUT2D eigenvalue weighted by Crippen LogP contribution is -2.32. The molecule has 0 bridgehead atoms. The fraction of sp³-hybridized carbons (Fsp3) is 0.227. The number of fused-ring (bicyclic) bond motifs is 1. The lowest BCUT2D eigenvalue weighted by Gasteiger charge is -2.10. The summed E-state index contributed by atoms with van der Waals surface area (Å²) < 4.78 is 16.3. The molecule has 0 spiro atoms. The smallest absolute Gasteiger partial charge is 0.244 e. The van der Waals surface area contributed by atoms with Crippen molar-refractivity contribution in [1.82, 2.24) is 5.32 Å². The van der Waals surface area contributed by atoms with Crippen molar-refractivity contribution in [3.63, 3.8) is 0 Å². The molecule has 0 fully saturated rings. The van der Waals surface area contributed by atoms with Gasteiger partial charge >= 0.3 is 0 Å². The summed E-state index contributed by atoms with van der Waals surface area (Å²) in [7, 11) is 3.17. The van der Waals surface area contributed by atoms with E-state index in [-0.39, 0.29) is 11.9 Å². The van der Waals surface area contributed by atoms with Crippen LogP contribution in [0.1, 0.15) is 18.2 Å². The Labute approximate surface area is 158 Å². The Hall–Kier alpha value is -3.21. The number of rotatable bonds is 7. The van der Waals surface area contributed by atoms with Gasteiger partial charge in [0.1, 0.15) is 11.3 Å². The van der Waals surface area contributed by atoms with Gasteiger partial charge in [-0.05, 0) is 42.8 Å². The van der Waals surface area contributed by atoms with E-state index >= 15 is 0 Å². The van der Waals surface area contributed by atoms with Gasteiger partial charge in [-0.25, -0.2) is 0 Å². The molecule has 3 rings (SSSR count). The second kappa shape index (κ2) is 8.45. The maximum atomic E-state index is 12.2. The van der Waals surface area contributed by atoms with E-state index in [4.69, 9.17) is 13.9 Å². The first-order valence-corrected chi connectivity index (χ1v) is 8.77. The highest BCUT2D eigenvalue weighted by Gasteiger charge is 2.10. The number of carbonyl (C=O) groups excluding carboxylic acids is 1. The van der Waals surface area contributed by atoms with E-state index in [9.17, 15) is 4.79 Å². The fourth-order valence-electron chi connectivity index (χ4n) is 2.91. The molecule has 140 valence electrons. The number of hydrogen-bond donors (Lipinski definition) is 1. The van der Waals surface area contributed by atoms with E-state index in [0.29, 0.717) is 17.9 Å². The number of nitrogens with one attached hydrogen (secondary N) is 1. The van der Waals surface area contributed by atoms with Crippen LogP contribution < -0.4 is 14.8 Å². The van der Waals surface area contributed by atoms with Gasteiger partial charge in [0.25, 0.3) is 0 Å². The molecule has 1 N–H and O–H groups in total. The van der Waals surface area contributed by atoms with Crippen LogP contribution in [0.15, 0.2) is 59.0 Å². The molecule has 1 amide bonds. The zero-order valence-corrected chi connectivity index (χ0v) is 15.7. The van der Waals surface area contributed by atoms with E-state index in [1.165, 1.54) is 6.08 Å². The number of carbonyl (C=O) groups is 1. The van der Waals surface area contributed by atoms with Crippen molar-refractivity contribution in [2.75, 3.05) is 14.2 Å². The molecule has 1 unspecified atom stereocenters. The number of hydrogen-bond acceptors (Lipinski definition) is 4. The molecule has 5 nitrogen and oxygen atoms in total. The first kappa shape index (κ1) is 18.6. The molecule has 1 aromatic heterocycles. The SMILES string of the molecule is COc1ccc(C=CC(=O)NC(C)Cc2cc3ccccc3o2)cc1OC. The summed E-state index contributed by atoms with van der Waals surface area (Å²) in [5, 5.41) is 4.02. The second-order valence-corrected chi connectivity index (χ2v) is 6.31. The van der Waals surface area contributed by atoms with E-state index in [1.54, 1.807) is 26.4 Å². The molecular formula is C22H23NO4. The largest absolute Gasteiger partial charge is 0.493 e. The van der Waals surface area contributed by atoms with Crippen LogP contribution in [0.4, 0.5) is 0 Å². The molecule has 5 heteroatoms. The topological polar surface area (TPSA) is 60.7 Å².